The molecule has 0 radical (unpaired) electrons. The molecule has 0 aliphatic rings. The third kappa shape index (κ3) is 7.75. The molecule has 2 atom stereocenters. The summed E-state index contributed by atoms with van der Waals surface area (Å²) in [6, 6.07) is 0. The molecule has 0 aliphatic carbocycles. The van der Waals surface area contributed by atoms with Gasteiger partial charge < -0.3 is 0 Å². The molecule has 2 heteroatoms. The van der Waals surface area contributed by atoms with E-state index < -0.39 is 0 Å². The van der Waals surface area contributed by atoms with Crippen LogP contribution in [0.25, 0.3) is 0 Å². The molecule has 0 aromatic heterocycles. The van der Waals surface area contributed by atoms with Gasteiger partial charge in [0.25, 0.3) is 0 Å². The Kier molecular flexibility index (Phi) is 11.1. The van der Waals surface area contributed by atoms with E-state index in [1.54, 1.807) is 0 Å². The lowest BCUT2D eigenvalue weighted by Gasteiger charge is -2.54. The quantitative estimate of drug-likeness (QED) is 0.251. The molecular formula is C26H54S2. The van der Waals surface area contributed by atoms with Gasteiger partial charge in [0, 0.05) is 9.49 Å². The molecule has 0 saturated carbocycles. The number of hydrogen-bond donors (Lipinski definition) is 0. The molecule has 0 nitrogen and oxygen atoms in total. The topological polar surface area (TPSA) is 0 Å². The summed E-state index contributed by atoms with van der Waals surface area (Å²) >= 11 is 4.56. The first kappa shape index (κ1) is 28.7. The zero-order valence-electron chi connectivity index (χ0n) is 21.8. The van der Waals surface area contributed by atoms with Crippen molar-refractivity contribution < 1.29 is 0 Å². The molecule has 0 aromatic carbocycles. The van der Waals surface area contributed by atoms with Crippen molar-refractivity contribution in [3.63, 3.8) is 0 Å². The second-order valence-corrected chi connectivity index (χ2v) is 15.8. The Balaban J connectivity index is 5.94. The van der Waals surface area contributed by atoms with E-state index in [-0.39, 0.29) is 4.08 Å². The van der Waals surface area contributed by atoms with Gasteiger partial charge in [0.05, 0.1) is 4.08 Å². The molecule has 170 valence electrons. The summed E-state index contributed by atoms with van der Waals surface area (Å²) in [6.45, 7) is 31.8. The van der Waals surface area contributed by atoms with Gasteiger partial charge in [-0.25, -0.2) is 0 Å². The van der Waals surface area contributed by atoms with Crippen LogP contribution in [0.4, 0.5) is 0 Å². The van der Waals surface area contributed by atoms with Crippen molar-refractivity contribution in [2.75, 3.05) is 0 Å². The average Bonchev–Trinajstić information content (AvgIpc) is 2.57. The standard InChI is InChI=1S/C26H54S2/c1-14-22(8,9)20-26(17-4,18-5)24(12,15-2)28-25(13,16-3)27-23(10,11)19-21(6)7/h21H,14-20H2,1-13H3. The second-order valence-electron chi connectivity index (χ2n) is 11.3. The average molecular weight is 431 g/mol. The fourth-order valence-corrected chi connectivity index (χ4v) is 10.2. The van der Waals surface area contributed by atoms with Crippen molar-refractivity contribution in [2.24, 2.45) is 16.7 Å². The fourth-order valence-electron chi connectivity index (χ4n) is 5.28. The third-order valence-corrected chi connectivity index (χ3v) is 11.2. The Hall–Kier alpha value is 0.700. The molecule has 2 unspecified atom stereocenters. The molecule has 0 saturated heterocycles. The SMILES string of the molecule is CCC(C)(C)CC(CC)(CC)C(C)(CC)SC(C)(CC)SC(C)(C)CC(C)C. The molecule has 0 N–H and O–H groups in total. The summed E-state index contributed by atoms with van der Waals surface area (Å²) in [5.74, 6) is 0.752. The van der Waals surface area contributed by atoms with E-state index in [0.29, 0.717) is 20.3 Å². The first-order valence-electron chi connectivity index (χ1n) is 12.0. The van der Waals surface area contributed by atoms with Crippen LogP contribution in [0.3, 0.4) is 0 Å². The van der Waals surface area contributed by atoms with Crippen molar-refractivity contribution in [2.45, 2.75) is 149 Å². The van der Waals surface area contributed by atoms with Gasteiger partial charge in [0.15, 0.2) is 0 Å². The molecule has 28 heavy (non-hydrogen) atoms. The lowest BCUT2D eigenvalue weighted by molar-refractivity contribution is 0.0940. The van der Waals surface area contributed by atoms with Crippen LogP contribution >= 0.6 is 23.5 Å². The van der Waals surface area contributed by atoms with Crippen molar-refractivity contribution in [3.05, 3.63) is 0 Å². The van der Waals surface area contributed by atoms with Crippen LogP contribution in [0, 0.1) is 16.7 Å². The lowest BCUT2D eigenvalue weighted by atomic mass is 9.61. The van der Waals surface area contributed by atoms with Gasteiger partial charge in [-0.15, -0.1) is 23.5 Å². The first-order valence-corrected chi connectivity index (χ1v) is 13.6. The maximum Gasteiger partial charge on any atom is 0.0591 e. The summed E-state index contributed by atoms with van der Waals surface area (Å²) in [5.41, 5.74) is 0.806. The minimum absolute atomic E-state index is 0.259. The van der Waals surface area contributed by atoms with Gasteiger partial charge in [-0.2, -0.15) is 0 Å². The number of hydrogen-bond acceptors (Lipinski definition) is 2. The molecule has 0 rings (SSSR count). The van der Waals surface area contributed by atoms with Gasteiger partial charge in [-0.3, -0.25) is 0 Å². The summed E-state index contributed by atoms with van der Waals surface area (Å²) < 4.78 is 0.883. The summed E-state index contributed by atoms with van der Waals surface area (Å²) in [4.78, 5) is 0. The molecule has 0 bridgehead atoms. The maximum absolute atomic E-state index is 2.60. The van der Waals surface area contributed by atoms with Crippen LogP contribution in [0.5, 0.6) is 0 Å². The molecule has 0 aliphatic heterocycles. The Bertz CT molecular complexity index is 447. The minimum Gasteiger partial charge on any atom is -0.138 e. The Morgan fingerprint density at radius 3 is 1.46 bits per heavy atom. The van der Waals surface area contributed by atoms with Gasteiger partial charge in [0.1, 0.15) is 0 Å². The van der Waals surface area contributed by atoms with E-state index in [9.17, 15) is 0 Å². The minimum atomic E-state index is 0.259. The van der Waals surface area contributed by atoms with E-state index in [2.05, 4.69) is 114 Å². The van der Waals surface area contributed by atoms with Gasteiger partial charge >= 0.3 is 0 Å². The highest BCUT2D eigenvalue weighted by Crippen LogP contribution is 2.62. The molecule has 0 spiro atoms. The number of thioether (sulfide) groups is 2. The molecule has 0 amide bonds. The van der Waals surface area contributed by atoms with E-state index in [1.807, 2.05) is 0 Å². The first-order chi connectivity index (χ1) is 12.6. The number of rotatable bonds is 14. The maximum atomic E-state index is 2.60. The van der Waals surface area contributed by atoms with Crippen molar-refractivity contribution >= 4 is 23.5 Å². The third-order valence-electron chi connectivity index (χ3n) is 7.40. The summed E-state index contributed by atoms with van der Waals surface area (Å²) in [7, 11) is 0. The van der Waals surface area contributed by atoms with Crippen LogP contribution in [-0.2, 0) is 0 Å². The van der Waals surface area contributed by atoms with Crippen LogP contribution in [0.15, 0.2) is 0 Å². The largest absolute Gasteiger partial charge is 0.138 e. The molecule has 0 fully saturated rings. The van der Waals surface area contributed by atoms with Gasteiger partial charge in [-0.1, -0.05) is 82.6 Å². The van der Waals surface area contributed by atoms with Crippen molar-refractivity contribution in [1.82, 2.24) is 0 Å². The van der Waals surface area contributed by atoms with E-state index in [4.69, 9.17) is 0 Å². The van der Waals surface area contributed by atoms with Crippen molar-refractivity contribution in [3.8, 4) is 0 Å². The highest BCUT2D eigenvalue weighted by Gasteiger charge is 2.50. The predicted octanol–water partition coefficient (Wildman–Crippen LogP) is 10.2. The molecular weight excluding hydrogens is 376 g/mol. The Morgan fingerprint density at radius 1 is 0.643 bits per heavy atom. The fraction of sp³-hybridized carbons (Fsp3) is 1.00. The van der Waals surface area contributed by atoms with Crippen LogP contribution < -0.4 is 0 Å². The smallest absolute Gasteiger partial charge is 0.0591 e. The Labute approximate surface area is 188 Å². The van der Waals surface area contributed by atoms with Gasteiger partial charge in [-0.05, 0) is 69.1 Å². The summed E-state index contributed by atoms with van der Waals surface area (Å²) in [5, 5.41) is 0. The second kappa shape index (κ2) is 10.8. The highest BCUT2D eigenvalue weighted by atomic mass is 32.2. The zero-order valence-corrected chi connectivity index (χ0v) is 23.5. The summed E-state index contributed by atoms with van der Waals surface area (Å²) in [6.07, 6.45) is 8.92. The highest BCUT2D eigenvalue weighted by molar-refractivity contribution is 8.19. The van der Waals surface area contributed by atoms with Crippen molar-refractivity contribution in [1.29, 1.82) is 0 Å². The van der Waals surface area contributed by atoms with E-state index in [1.165, 1.54) is 44.9 Å². The van der Waals surface area contributed by atoms with Gasteiger partial charge in [0.2, 0.25) is 0 Å². The van der Waals surface area contributed by atoms with Crippen LogP contribution in [0.2, 0.25) is 0 Å². The molecule has 0 heterocycles. The predicted molar refractivity (Wildman–Crippen MR) is 138 cm³/mol. The Morgan fingerprint density at radius 2 is 1.14 bits per heavy atom. The lowest BCUT2D eigenvalue weighted by Crippen LogP contribution is -2.47. The molecule has 0 aromatic rings. The zero-order chi connectivity index (χ0) is 22.4. The van der Waals surface area contributed by atoms with Crippen LogP contribution in [0.1, 0.15) is 135 Å². The van der Waals surface area contributed by atoms with E-state index in [0.717, 1.165) is 5.92 Å². The van der Waals surface area contributed by atoms with E-state index >= 15 is 0 Å². The monoisotopic (exact) mass is 430 g/mol. The normalized spacial score (nSPS) is 18.2. The van der Waals surface area contributed by atoms with Crippen LogP contribution in [-0.4, -0.2) is 13.6 Å².